The molecule has 0 radical (unpaired) electrons. The Labute approximate surface area is 193 Å². The molecule has 7 nitrogen and oxygen atoms in total. The Morgan fingerprint density at radius 1 is 0.969 bits per heavy atom. The molecule has 1 aliphatic heterocycles. The van der Waals surface area contributed by atoms with Gasteiger partial charge in [-0.05, 0) is 72.9 Å². The Hall–Kier alpha value is -3.62. The van der Waals surface area contributed by atoms with Crippen molar-refractivity contribution in [1.82, 2.24) is 10.3 Å². The average Bonchev–Trinajstić information content (AvgIpc) is 3.22. The third-order valence-electron chi connectivity index (χ3n) is 4.77. The monoisotopic (exact) mass is 465 g/mol. The molecule has 1 amide bonds. The second-order valence-corrected chi connectivity index (χ2v) is 7.82. The van der Waals surface area contributed by atoms with Gasteiger partial charge in [0.25, 0.3) is 5.91 Å². The molecule has 9 heteroatoms. The number of nitrogens with zero attached hydrogens (tertiary/aromatic N) is 1. The molecule has 160 valence electrons. The van der Waals surface area contributed by atoms with Gasteiger partial charge in [0.15, 0.2) is 22.2 Å². The van der Waals surface area contributed by atoms with Crippen molar-refractivity contribution in [3.05, 3.63) is 71.2 Å². The SMILES string of the molecule is O=C(NC(=S)Nc1ccc(-c2nc3cc(Cl)ccc3o2)cc1)c1ccc2c(c1)OCCO2. The highest BCUT2D eigenvalue weighted by Crippen LogP contribution is 2.31. The lowest BCUT2D eigenvalue weighted by atomic mass is 10.2. The van der Waals surface area contributed by atoms with Crippen molar-refractivity contribution in [1.29, 1.82) is 0 Å². The maximum absolute atomic E-state index is 12.5. The molecule has 0 atom stereocenters. The van der Waals surface area contributed by atoms with Crippen LogP contribution in [-0.2, 0) is 0 Å². The first-order chi connectivity index (χ1) is 15.5. The summed E-state index contributed by atoms with van der Waals surface area (Å²) in [5.74, 6) is 1.31. The third kappa shape index (κ3) is 4.23. The topological polar surface area (TPSA) is 85.6 Å². The van der Waals surface area contributed by atoms with Gasteiger partial charge in [-0.1, -0.05) is 11.6 Å². The zero-order chi connectivity index (χ0) is 22.1. The second kappa shape index (κ2) is 8.49. The summed E-state index contributed by atoms with van der Waals surface area (Å²) in [7, 11) is 0. The van der Waals surface area contributed by atoms with Crippen molar-refractivity contribution in [2.75, 3.05) is 18.5 Å². The number of fused-ring (bicyclic) bond motifs is 2. The number of ether oxygens (including phenoxy) is 2. The zero-order valence-corrected chi connectivity index (χ0v) is 18.1. The van der Waals surface area contributed by atoms with E-state index in [1.807, 2.05) is 24.3 Å². The van der Waals surface area contributed by atoms with E-state index in [1.165, 1.54) is 0 Å². The maximum Gasteiger partial charge on any atom is 0.257 e. The summed E-state index contributed by atoms with van der Waals surface area (Å²) in [5, 5.41) is 6.43. The molecule has 0 unspecified atom stereocenters. The summed E-state index contributed by atoms with van der Waals surface area (Å²) in [5.41, 5.74) is 3.28. The third-order valence-corrected chi connectivity index (χ3v) is 5.21. The molecule has 0 aliphatic carbocycles. The number of nitrogens with one attached hydrogen (secondary N) is 2. The first-order valence-electron chi connectivity index (χ1n) is 9.74. The van der Waals surface area contributed by atoms with Crippen LogP contribution in [0.5, 0.6) is 11.5 Å². The van der Waals surface area contributed by atoms with Crippen LogP contribution in [0.25, 0.3) is 22.6 Å². The highest BCUT2D eigenvalue weighted by molar-refractivity contribution is 7.80. The first kappa shape index (κ1) is 20.3. The van der Waals surface area contributed by atoms with Gasteiger partial charge < -0.3 is 19.2 Å². The van der Waals surface area contributed by atoms with Crippen molar-refractivity contribution in [2.45, 2.75) is 0 Å². The minimum Gasteiger partial charge on any atom is -0.486 e. The van der Waals surface area contributed by atoms with Gasteiger partial charge in [0.05, 0.1) is 0 Å². The number of rotatable bonds is 3. The van der Waals surface area contributed by atoms with Gasteiger partial charge in [0.2, 0.25) is 5.89 Å². The van der Waals surface area contributed by atoms with E-state index in [0.717, 1.165) is 5.56 Å². The van der Waals surface area contributed by atoms with Gasteiger partial charge in [-0.15, -0.1) is 0 Å². The fourth-order valence-corrected chi connectivity index (χ4v) is 3.62. The van der Waals surface area contributed by atoms with Crippen LogP contribution in [0.15, 0.2) is 65.1 Å². The Kier molecular flexibility index (Phi) is 5.38. The first-order valence-corrected chi connectivity index (χ1v) is 10.5. The number of halogens is 1. The summed E-state index contributed by atoms with van der Waals surface area (Å²) in [6, 6.07) is 17.6. The summed E-state index contributed by atoms with van der Waals surface area (Å²) in [4.78, 5) is 17.0. The number of anilines is 1. The summed E-state index contributed by atoms with van der Waals surface area (Å²) in [6.07, 6.45) is 0. The van der Waals surface area contributed by atoms with E-state index in [0.29, 0.717) is 58.0 Å². The number of carbonyl (C=O) groups is 1. The number of amides is 1. The van der Waals surface area contributed by atoms with Crippen LogP contribution in [0.3, 0.4) is 0 Å². The lowest BCUT2D eigenvalue weighted by molar-refractivity contribution is 0.0976. The molecule has 3 aromatic carbocycles. The van der Waals surface area contributed by atoms with E-state index in [9.17, 15) is 4.79 Å². The Balaban J connectivity index is 1.24. The van der Waals surface area contributed by atoms with Crippen molar-refractivity contribution < 1.29 is 18.7 Å². The Morgan fingerprint density at radius 2 is 1.75 bits per heavy atom. The molecule has 1 aliphatic rings. The number of benzene rings is 3. The van der Waals surface area contributed by atoms with E-state index >= 15 is 0 Å². The van der Waals surface area contributed by atoms with E-state index in [-0.39, 0.29) is 11.0 Å². The summed E-state index contributed by atoms with van der Waals surface area (Å²) in [6.45, 7) is 0.942. The lowest BCUT2D eigenvalue weighted by Crippen LogP contribution is -2.34. The molecule has 5 rings (SSSR count). The number of oxazole rings is 1. The normalized spacial score (nSPS) is 12.4. The molecule has 0 spiro atoms. The minimum atomic E-state index is -0.346. The molecule has 0 saturated carbocycles. The van der Waals surface area contributed by atoms with Gasteiger partial charge in [-0.3, -0.25) is 10.1 Å². The van der Waals surface area contributed by atoms with Gasteiger partial charge in [-0.2, -0.15) is 0 Å². The number of hydrogen-bond donors (Lipinski definition) is 2. The van der Waals surface area contributed by atoms with Crippen LogP contribution in [-0.4, -0.2) is 29.2 Å². The van der Waals surface area contributed by atoms with Crippen LogP contribution in [0.4, 0.5) is 5.69 Å². The molecule has 0 saturated heterocycles. The van der Waals surface area contributed by atoms with Gasteiger partial charge in [-0.25, -0.2) is 4.98 Å². The van der Waals surface area contributed by atoms with Crippen LogP contribution < -0.4 is 20.1 Å². The Bertz CT molecular complexity index is 1340. The maximum atomic E-state index is 12.5. The van der Waals surface area contributed by atoms with Crippen LogP contribution in [0.1, 0.15) is 10.4 Å². The molecule has 1 aromatic heterocycles. The fraction of sp³-hybridized carbons (Fsp3) is 0.0870. The van der Waals surface area contributed by atoms with Gasteiger partial charge >= 0.3 is 0 Å². The van der Waals surface area contributed by atoms with Crippen molar-refractivity contribution in [3.63, 3.8) is 0 Å². The summed E-state index contributed by atoms with van der Waals surface area (Å²) < 4.78 is 16.8. The largest absolute Gasteiger partial charge is 0.486 e. The molecular weight excluding hydrogens is 450 g/mol. The number of aromatic nitrogens is 1. The standard InChI is InChI=1S/C23H16ClN3O4S/c24-15-4-8-18-17(12-15)26-22(31-18)13-1-5-16(6-2-13)25-23(32)27-21(28)14-3-7-19-20(11-14)30-10-9-29-19/h1-8,11-12H,9-10H2,(H2,25,27,28,32). The highest BCUT2D eigenvalue weighted by Gasteiger charge is 2.16. The van der Waals surface area contributed by atoms with Crippen LogP contribution in [0.2, 0.25) is 5.02 Å². The predicted octanol–water partition coefficient (Wildman–Crippen LogP) is 5.05. The van der Waals surface area contributed by atoms with Crippen molar-refractivity contribution >= 4 is 51.6 Å². The smallest absolute Gasteiger partial charge is 0.257 e. The molecule has 2 N–H and O–H groups in total. The number of thiocarbonyl (C=S) groups is 1. The molecular formula is C23H16ClN3O4S. The van der Waals surface area contributed by atoms with Gasteiger partial charge in [0.1, 0.15) is 18.7 Å². The highest BCUT2D eigenvalue weighted by atomic mass is 35.5. The number of carbonyl (C=O) groups excluding carboxylic acids is 1. The predicted molar refractivity (Wildman–Crippen MR) is 126 cm³/mol. The average molecular weight is 466 g/mol. The van der Waals surface area contributed by atoms with Crippen LogP contribution in [0, 0.1) is 0 Å². The van der Waals surface area contributed by atoms with E-state index in [4.69, 9.17) is 37.7 Å². The molecule has 32 heavy (non-hydrogen) atoms. The van der Waals surface area contributed by atoms with Crippen molar-refractivity contribution in [3.8, 4) is 23.0 Å². The van der Waals surface area contributed by atoms with Crippen LogP contribution >= 0.6 is 23.8 Å². The van der Waals surface area contributed by atoms with E-state index < -0.39 is 0 Å². The zero-order valence-electron chi connectivity index (χ0n) is 16.6. The number of hydrogen-bond acceptors (Lipinski definition) is 6. The lowest BCUT2D eigenvalue weighted by Gasteiger charge is -2.18. The van der Waals surface area contributed by atoms with Gasteiger partial charge in [0, 0.05) is 21.8 Å². The molecule has 4 aromatic rings. The molecule has 2 heterocycles. The Morgan fingerprint density at radius 3 is 2.56 bits per heavy atom. The second-order valence-electron chi connectivity index (χ2n) is 6.98. The van der Waals surface area contributed by atoms with E-state index in [2.05, 4.69) is 15.6 Å². The quantitative estimate of drug-likeness (QED) is 0.409. The van der Waals surface area contributed by atoms with E-state index in [1.54, 1.807) is 36.4 Å². The molecule has 0 bridgehead atoms. The summed E-state index contributed by atoms with van der Waals surface area (Å²) >= 11 is 11.3. The minimum absolute atomic E-state index is 0.175. The molecule has 0 fully saturated rings. The van der Waals surface area contributed by atoms with Crippen molar-refractivity contribution in [2.24, 2.45) is 0 Å². The fourth-order valence-electron chi connectivity index (χ4n) is 3.24.